The zero-order chi connectivity index (χ0) is 13.7. The lowest BCUT2D eigenvalue weighted by atomic mass is 9.85. The topological polar surface area (TPSA) is 61.4 Å². The molecule has 0 heterocycles. The summed E-state index contributed by atoms with van der Waals surface area (Å²) in [5.74, 6) is 0.179. The molecular weight excluding hydrogens is 308 g/mol. The van der Waals surface area contributed by atoms with E-state index < -0.39 is 0 Å². The van der Waals surface area contributed by atoms with E-state index >= 15 is 0 Å². The van der Waals surface area contributed by atoms with Crippen molar-refractivity contribution in [2.75, 3.05) is 11.9 Å². The SMILES string of the molecule is O=C(Nc1ccccc1Br)NC1CCCCC1CO. The van der Waals surface area contributed by atoms with Crippen molar-refractivity contribution in [3.63, 3.8) is 0 Å². The Balaban J connectivity index is 1.92. The van der Waals surface area contributed by atoms with E-state index in [9.17, 15) is 9.90 Å². The van der Waals surface area contributed by atoms with Gasteiger partial charge < -0.3 is 15.7 Å². The summed E-state index contributed by atoms with van der Waals surface area (Å²) in [5, 5.41) is 15.1. The molecule has 0 radical (unpaired) electrons. The normalized spacial score (nSPS) is 22.8. The third-order valence-electron chi connectivity index (χ3n) is 3.58. The summed E-state index contributed by atoms with van der Waals surface area (Å²) in [6.07, 6.45) is 4.16. The fraction of sp³-hybridized carbons (Fsp3) is 0.500. The number of nitrogens with one attached hydrogen (secondary N) is 2. The standard InChI is InChI=1S/C14H19BrN2O2/c15-11-6-2-4-8-13(11)17-14(19)16-12-7-3-1-5-10(12)9-18/h2,4,6,8,10,12,18H,1,3,5,7,9H2,(H2,16,17,19). The van der Waals surface area contributed by atoms with E-state index in [1.807, 2.05) is 24.3 Å². The highest BCUT2D eigenvalue weighted by atomic mass is 79.9. The molecular formula is C14H19BrN2O2. The van der Waals surface area contributed by atoms with Crippen molar-refractivity contribution in [2.24, 2.45) is 5.92 Å². The lowest BCUT2D eigenvalue weighted by Crippen LogP contribution is -2.45. The monoisotopic (exact) mass is 326 g/mol. The van der Waals surface area contributed by atoms with Gasteiger partial charge in [-0.2, -0.15) is 0 Å². The summed E-state index contributed by atoms with van der Waals surface area (Å²) in [6.45, 7) is 0.139. The van der Waals surface area contributed by atoms with E-state index in [0.29, 0.717) is 0 Å². The number of aliphatic hydroxyl groups is 1. The Hall–Kier alpha value is -1.07. The molecule has 5 heteroatoms. The molecule has 19 heavy (non-hydrogen) atoms. The third kappa shape index (κ3) is 3.94. The molecule has 0 saturated heterocycles. The van der Waals surface area contributed by atoms with Crippen molar-refractivity contribution in [1.82, 2.24) is 5.32 Å². The molecule has 4 nitrogen and oxygen atoms in total. The van der Waals surface area contributed by atoms with Crippen LogP contribution in [0.5, 0.6) is 0 Å². The Labute approximate surface area is 121 Å². The fourth-order valence-corrected chi connectivity index (χ4v) is 2.89. The molecule has 104 valence electrons. The van der Waals surface area contributed by atoms with Gasteiger partial charge in [-0.05, 0) is 40.9 Å². The van der Waals surface area contributed by atoms with Crippen LogP contribution in [-0.4, -0.2) is 23.8 Å². The van der Waals surface area contributed by atoms with Crippen LogP contribution < -0.4 is 10.6 Å². The Morgan fingerprint density at radius 3 is 2.79 bits per heavy atom. The highest BCUT2D eigenvalue weighted by molar-refractivity contribution is 9.10. The van der Waals surface area contributed by atoms with Crippen LogP contribution in [0.1, 0.15) is 25.7 Å². The number of rotatable bonds is 3. The zero-order valence-electron chi connectivity index (χ0n) is 10.7. The van der Waals surface area contributed by atoms with E-state index in [1.165, 1.54) is 0 Å². The zero-order valence-corrected chi connectivity index (χ0v) is 12.3. The highest BCUT2D eigenvalue weighted by Gasteiger charge is 2.25. The van der Waals surface area contributed by atoms with Crippen LogP contribution in [0.15, 0.2) is 28.7 Å². The van der Waals surface area contributed by atoms with Gasteiger partial charge in [0, 0.05) is 23.0 Å². The Morgan fingerprint density at radius 2 is 2.05 bits per heavy atom. The summed E-state index contributed by atoms with van der Waals surface area (Å²) in [7, 11) is 0. The first-order chi connectivity index (χ1) is 9.20. The lowest BCUT2D eigenvalue weighted by molar-refractivity contribution is 0.156. The van der Waals surface area contributed by atoms with E-state index in [2.05, 4.69) is 26.6 Å². The van der Waals surface area contributed by atoms with Crippen LogP contribution in [0.2, 0.25) is 0 Å². The molecule has 1 aliphatic carbocycles. The average Bonchev–Trinajstić information content (AvgIpc) is 2.42. The molecule has 2 atom stereocenters. The van der Waals surface area contributed by atoms with Crippen LogP contribution in [0.3, 0.4) is 0 Å². The fourth-order valence-electron chi connectivity index (χ4n) is 2.51. The number of amides is 2. The van der Waals surface area contributed by atoms with E-state index in [4.69, 9.17) is 0 Å². The maximum atomic E-state index is 12.0. The van der Waals surface area contributed by atoms with Gasteiger partial charge in [0.15, 0.2) is 0 Å². The molecule has 1 aliphatic rings. The third-order valence-corrected chi connectivity index (χ3v) is 4.27. The van der Waals surface area contributed by atoms with Crippen molar-refractivity contribution in [1.29, 1.82) is 0 Å². The number of anilines is 1. The minimum atomic E-state index is -0.211. The van der Waals surface area contributed by atoms with Gasteiger partial charge >= 0.3 is 6.03 Å². The number of para-hydroxylation sites is 1. The number of aliphatic hydroxyl groups excluding tert-OH is 1. The molecule has 0 aliphatic heterocycles. The van der Waals surface area contributed by atoms with Crippen LogP contribution >= 0.6 is 15.9 Å². The molecule has 2 amide bonds. The van der Waals surface area contributed by atoms with Crippen molar-refractivity contribution in [3.8, 4) is 0 Å². The summed E-state index contributed by atoms with van der Waals surface area (Å²) in [4.78, 5) is 12.0. The van der Waals surface area contributed by atoms with Crippen molar-refractivity contribution in [2.45, 2.75) is 31.7 Å². The van der Waals surface area contributed by atoms with Gasteiger partial charge in [0.25, 0.3) is 0 Å². The molecule has 2 rings (SSSR count). The largest absolute Gasteiger partial charge is 0.396 e. The first-order valence-corrected chi connectivity index (χ1v) is 7.43. The van der Waals surface area contributed by atoms with Gasteiger partial charge in [0.05, 0.1) is 5.69 Å². The van der Waals surface area contributed by atoms with E-state index in [0.717, 1.165) is 35.8 Å². The Kier molecular flexibility index (Phi) is 5.22. The summed E-state index contributed by atoms with van der Waals surface area (Å²) in [6, 6.07) is 7.35. The van der Waals surface area contributed by atoms with Crippen LogP contribution in [0, 0.1) is 5.92 Å². The second kappa shape index (κ2) is 6.91. The second-order valence-corrected chi connectivity index (χ2v) is 5.77. The Morgan fingerprint density at radius 1 is 1.32 bits per heavy atom. The summed E-state index contributed by atoms with van der Waals surface area (Å²) < 4.78 is 0.854. The Bertz CT molecular complexity index is 439. The van der Waals surface area contributed by atoms with Gasteiger partial charge in [-0.25, -0.2) is 4.79 Å². The maximum Gasteiger partial charge on any atom is 0.319 e. The molecule has 2 unspecified atom stereocenters. The highest BCUT2D eigenvalue weighted by Crippen LogP contribution is 2.25. The number of benzene rings is 1. The predicted octanol–water partition coefficient (Wildman–Crippen LogP) is 3.12. The number of carbonyl (C=O) groups is 1. The number of hydrogen-bond acceptors (Lipinski definition) is 2. The minimum Gasteiger partial charge on any atom is -0.396 e. The smallest absolute Gasteiger partial charge is 0.319 e. The van der Waals surface area contributed by atoms with E-state index in [-0.39, 0.29) is 24.6 Å². The van der Waals surface area contributed by atoms with E-state index in [1.54, 1.807) is 0 Å². The minimum absolute atomic E-state index is 0.0706. The van der Waals surface area contributed by atoms with Crippen LogP contribution in [-0.2, 0) is 0 Å². The molecule has 3 N–H and O–H groups in total. The van der Waals surface area contributed by atoms with Crippen molar-refractivity contribution in [3.05, 3.63) is 28.7 Å². The first kappa shape index (κ1) is 14.3. The molecule has 0 bridgehead atoms. The second-order valence-electron chi connectivity index (χ2n) is 4.91. The van der Waals surface area contributed by atoms with Crippen LogP contribution in [0.4, 0.5) is 10.5 Å². The quantitative estimate of drug-likeness (QED) is 0.799. The van der Waals surface area contributed by atoms with Crippen molar-refractivity contribution < 1.29 is 9.90 Å². The molecule has 1 fully saturated rings. The molecule has 0 aromatic heterocycles. The van der Waals surface area contributed by atoms with Gasteiger partial charge in [0.1, 0.15) is 0 Å². The molecule has 1 aromatic carbocycles. The van der Waals surface area contributed by atoms with Crippen molar-refractivity contribution >= 4 is 27.6 Å². The van der Waals surface area contributed by atoms with Crippen LogP contribution in [0.25, 0.3) is 0 Å². The predicted molar refractivity (Wildman–Crippen MR) is 79.1 cm³/mol. The lowest BCUT2D eigenvalue weighted by Gasteiger charge is -2.30. The summed E-state index contributed by atoms with van der Waals surface area (Å²) in [5.41, 5.74) is 0.747. The summed E-state index contributed by atoms with van der Waals surface area (Å²) >= 11 is 3.39. The maximum absolute atomic E-state index is 12.0. The van der Waals surface area contributed by atoms with Gasteiger partial charge in [-0.15, -0.1) is 0 Å². The first-order valence-electron chi connectivity index (χ1n) is 6.63. The number of urea groups is 1. The average molecular weight is 327 g/mol. The van der Waals surface area contributed by atoms with Gasteiger partial charge in [-0.3, -0.25) is 0 Å². The number of carbonyl (C=O) groups excluding carboxylic acids is 1. The molecule has 0 spiro atoms. The van der Waals surface area contributed by atoms with Gasteiger partial charge in [0.2, 0.25) is 0 Å². The van der Waals surface area contributed by atoms with Gasteiger partial charge in [-0.1, -0.05) is 25.0 Å². The number of halogens is 1. The molecule has 1 saturated carbocycles. The molecule has 1 aromatic rings. The number of hydrogen-bond donors (Lipinski definition) is 3.